The summed E-state index contributed by atoms with van der Waals surface area (Å²) in [6.07, 6.45) is -0.245. The first-order valence-electron chi connectivity index (χ1n) is 7.45. The van der Waals surface area contributed by atoms with Crippen LogP contribution >= 0.6 is 11.6 Å². The van der Waals surface area contributed by atoms with Crippen LogP contribution in [0.3, 0.4) is 0 Å². The highest BCUT2D eigenvalue weighted by atomic mass is 35.5. The second-order valence-electron chi connectivity index (χ2n) is 6.59. The molecule has 0 radical (unpaired) electrons. The molecule has 0 aliphatic carbocycles. The molecule has 1 atom stereocenters. The third kappa shape index (κ3) is 4.81. The Kier molecular flexibility index (Phi) is 5.24. The van der Waals surface area contributed by atoms with Crippen molar-refractivity contribution < 1.29 is 9.53 Å². The molecule has 22 heavy (non-hydrogen) atoms. The number of carbonyl (C=O) groups excluding carboxylic acids is 1. The maximum Gasteiger partial charge on any atom is 0.410 e. The minimum atomic E-state index is -0.462. The Morgan fingerprint density at radius 2 is 2.09 bits per heavy atom. The summed E-state index contributed by atoms with van der Waals surface area (Å²) >= 11 is 5.74. The van der Waals surface area contributed by atoms with E-state index in [-0.39, 0.29) is 12.1 Å². The van der Waals surface area contributed by atoms with Crippen LogP contribution < -0.4 is 0 Å². The number of ether oxygens (including phenoxy) is 1. The van der Waals surface area contributed by atoms with Gasteiger partial charge >= 0.3 is 6.09 Å². The van der Waals surface area contributed by atoms with Gasteiger partial charge in [-0.1, -0.05) is 11.6 Å². The lowest BCUT2D eigenvalue weighted by Crippen LogP contribution is -2.54. The van der Waals surface area contributed by atoms with E-state index in [9.17, 15) is 4.79 Å². The zero-order valence-corrected chi connectivity index (χ0v) is 14.3. The molecule has 1 saturated heterocycles. The number of rotatable bonds is 2. The van der Waals surface area contributed by atoms with Crippen molar-refractivity contribution in [2.24, 2.45) is 0 Å². The van der Waals surface area contributed by atoms with Crippen LogP contribution in [0.5, 0.6) is 0 Å². The average molecular weight is 327 g/mol. The highest BCUT2D eigenvalue weighted by Crippen LogP contribution is 2.16. The summed E-state index contributed by atoms with van der Waals surface area (Å²) in [5.41, 5.74) is 0.415. The Labute approximate surface area is 136 Å². The van der Waals surface area contributed by atoms with E-state index in [1.54, 1.807) is 11.0 Å². The largest absolute Gasteiger partial charge is 0.444 e. The summed E-state index contributed by atoms with van der Waals surface area (Å²) in [4.78, 5) is 16.2. The molecule has 0 saturated carbocycles. The zero-order valence-electron chi connectivity index (χ0n) is 13.5. The maximum atomic E-state index is 12.1. The second kappa shape index (κ2) is 6.79. The topological polar surface area (TPSA) is 58.6 Å². The van der Waals surface area contributed by atoms with E-state index < -0.39 is 5.60 Å². The van der Waals surface area contributed by atoms with Crippen molar-refractivity contribution in [3.63, 3.8) is 0 Å². The lowest BCUT2D eigenvalue weighted by atomic mass is 10.2. The molecular formula is C15H23ClN4O2. The monoisotopic (exact) mass is 326 g/mol. The molecule has 122 valence electrons. The standard InChI is InChI=1S/C15H23ClN4O2/c1-11-9-20(14(21)22-15(2,3)4)8-7-19(11)10-12-5-6-13(16)18-17-12/h5-6,11H,7-10H2,1-4H3/t11-/m0/s1. The molecule has 0 aromatic carbocycles. The summed E-state index contributed by atoms with van der Waals surface area (Å²) in [6, 6.07) is 3.85. The molecule has 1 amide bonds. The van der Waals surface area contributed by atoms with Gasteiger partial charge in [0.15, 0.2) is 5.15 Å². The predicted octanol–water partition coefficient (Wildman–Crippen LogP) is 2.57. The molecule has 2 heterocycles. The quantitative estimate of drug-likeness (QED) is 0.836. The molecule has 0 unspecified atom stereocenters. The van der Waals surface area contributed by atoms with Crippen molar-refractivity contribution in [1.29, 1.82) is 0 Å². The highest BCUT2D eigenvalue weighted by molar-refractivity contribution is 6.29. The van der Waals surface area contributed by atoms with E-state index >= 15 is 0 Å². The number of aromatic nitrogens is 2. The molecule has 0 N–H and O–H groups in total. The molecule has 2 rings (SSSR count). The van der Waals surface area contributed by atoms with Gasteiger partial charge in [-0.25, -0.2) is 4.79 Å². The number of piperazine rings is 1. The number of nitrogens with zero attached hydrogens (tertiary/aromatic N) is 4. The number of amides is 1. The zero-order chi connectivity index (χ0) is 16.3. The summed E-state index contributed by atoms with van der Waals surface area (Å²) in [6.45, 7) is 10.5. The normalized spacial score (nSPS) is 20.0. The third-order valence-electron chi connectivity index (χ3n) is 3.47. The molecule has 1 aliphatic heterocycles. The van der Waals surface area contributed by atoms with Crippen LogP contribution in [0.4, 0.5) is 4.79 Å². The van der Waals surface area contributed by atoms with Gasteiger partial charge in [0, 0.05) is 32.2 Å². The minimum absolute atomic E-state index is 0.235. The molecule has 0 spiro atoms. The van der Waals surface area contributed by atoms with Crippen molar-refractivity contribution in [2.75, 3.05) is 19.6 Å². The molecule has 1 fully saturated rings. The van der Waals surface area contributed by atoms with Crippen LogP contribution in [-0.4, -0.2) is 57.4 Å². The number of carbonyl (C=O) groups is 1. The Balaban J connectivity index is 1.90. The predicted molar refractivity (Wildman–Crippen MR) is 84.7 cm³/mol. The van der Waals surface area contributed by atoms with E-state index in [0.29, 0.717) is 24.8 Å². The average Bonchev–Trinajstić information content (AvgIpc) is 2.41. The van der Waals surface area contributed by atoms with E-state index in [0.717, 1.165) is 12.2 Å². The Morgan fingerprint density at radius 1 is 1.36 bits per heavy atom. The van der Waals surface area contributed by atoms with Gasteiger partial charge in [-0.05, 0) is 39.8 Å². The summed E-state index contributed by atoms with van der Waals surface area (Å²) in [7, 11) is 0. The van der Waals surface area contributed by atoms with E-state index in [2.05, 4.69) is 22.0 Å². The Bertz CT molecular complexity index is 515. The van der Waals surface area contributed by atoms with Crippen molar-refractivity contribution in [2.45, 2.75) is 45.9 Å². The van der Waals surface area contributed by atoms with Crippen molar-refractivity contribution in [3.05, 3.63) is 23.0 Å². The Hall–Kier alpha value is -1.40. The van der Waals surface area contributed by atoms with E-state index in [1.165, 1.54) is 0 Å². The first-order valence-corrected chi connectivity index (χ1v) is 7.82. The maximum absolute atomic E-state index is 12.1. The fourth-order valence-corrected chi connectivity index (χ4v) is 2.46. The second-order valence-corrected chi connectivity index (χ2v) is 6.98. The molecule has 1 aromatic rings. The molecule has 1 aromatic heterocycles. The lowest BCUT2D eigenvalue weighted by Gasteiger charge is -2.39. The smallest absolute Gasteiger partial charge is 0.410 e. The van der Waals surface area contributed by atoms with Crippen LogP contribution in [-0.2, 0) is 11.3 Å². The Morgan fingerprint density at radius 3 is 2.64 bits per heavy atom. The van der Waals surface area contributed by atoms with Gasteiger partial charge in [0.1, 0.15) is 5.60 Å². The van der Waals surface area contributed by atoms with Gasteiger partial charge in [0.25, 0.3) is 0 Å². The van der Waals surface area contributed by atoms with Crippen molar-refractivity contribution in [1.82, 2.24) is 20.0 Å². The minimum Gasteiger partial charge on any atom is -0.444 e. The first kappa shape index (κ1) is 17.0. The van der Waals surface area contributed by atoms with Gasteiger partial charge in [0.2, 0.25) is 0 Å². The summed E-state index contributed by atoms with van der Waals surface area (Å²) < 4.78 is 5.42. The van der Waals surface area contributed by atoms with Crippen LogP contribution in [0, 0.1) is 0 Å². The van der Waals surface area contributed by atoms with Gasteiger partial charge in [-0.2, -0.15) is 5.10 Å². The van der Waals surface area contributed by atoms with Crippen LogP contribution in [0.15, 0.2) is 12.1 Å². The van der Waals surface area contributed by atoms with Gasteiger partial charge in [0.05, 0.1) is 5.69 Å². The van der Waals surface area contributed by atoms with Crippen LogP contribution in [0.1, 0.15) is 33.4 Å². The molecule has 0 bridgehead atoms. The van der Waals surface area contributed by atoms with Crippen LogP contribution in [0.2, 0.25) is 5.15 Å². The fraction of sp³-hybridized carbons (Fsp3) is 0.667. The van der Waals surface area contributed by atoms with Crippen LogP contribution in [0.25, 0.3) is 0 Å². The SMILES string of the molecule is C[C@H]1CN(C(=O)OC(C)(C)C)CCN1Cc1ccc(Cl)nn1. The van der Waals surface area contributed by atoms with E-state index in [4.69, 9.17) is 16.3 Å². The highest BCUT2D eigenvalue weighted by Gasteiger charge is 2.29. The molecule has 1 aliphatic rings. The van der Waals surface area contributed by atoms with Gasteiger partial charge in [-0.3, -0.25) is 4.90 Å². The summed E-state index contributed by atoms with van der Waals surface area (Å²) in [5, 5.41) is 8.33. The fourth-order valence-electron chi connectivity index (χ4n) is 2.36. The van der Waals surface area contributed by atoms with Gasteiger partial charge in [-0.15, -0.1) is 5.10 Å². The third-order valence-corrected chi connectivity index (χ3v) is 3.67. The molecule has 6 nitrogen and oxygen atoms in total. The number of hydrogen-bond donors (Lipinski definition) is 0. The molecular weight excluding hydrogens is 304 g/mol. The molecule has 7 heteroatoms. The van der Waals surface area contributed by atoms with Crippen molar-refractivity contribution >= 4 is 17.7 Å². The van der Waals surface area contributed by atoms with Gasteiger partial charge < -0.3 is 9.64 Å². The number of halogens is 1. The first-order chi connectivity index (χ1) is 10.2. The van der Waals surface area contributed by atoms with Crippen molar-refractivity contribution in [3.8, 4) is 0 Å². The van der Waals surface area contributed by atoms with E-state index in [1.807, 2.05) is 26.8 Å². The lowest BCUT2D eigenvalue weighted by molar-refractivity contribution is 0.00441. The number of hydrogen-bond acceptors (Lipinski definition) is 5. The summed E-state index contributed by atoms with van der Waals surface area (Å²) in [5.74, 6) is 0.